The average molecular weight is 247 g/mol. The molecule has 1 aromatic rings. The highest BCUT2D eigenvalue weighted by Crippen LogP contribution is 2.36. The van der Waals surface area contributed by atoms with Crippen LogP contribution >= 0.6 is 0 Å². The Morgan fingerprint density at radius 2 is 1.83 bits per heavy atom. The molecule has 1 aromatic carbocycles. The topological polar surface area (TPSA) is 35.6 Å². The van der Waals surface area contributed by atoms with Crippen molar-refractivity contribution >= 4 is 17.3 Å². The van der Waals surface area contributed by atoms with Gasteiger partial charge in [0, 0.05) is 25.2 Å². The van der Waals surface area contributed by atoms with Crippen LogP contribution in [0.3, 0.4) is 0 Å². The molecule has 0 fully saturated rings. The second-order valence-electron chi connectivity index (χ2n) is 4.42. The van der Waals surface area contributed by atoms with Crippen LogP contribution < -0.4 is 15.1 Å². The third-order valence-electron chi connectivity index (χ3n) is 3.36. The molecule has 0 radical (unpaired) electrons. The number of anilines is 2. The van der Waals surface area contributed by atoms with Gasteiger partial charge in [-0.1, -0.05) is 0 Å². The Morgan fingerprint density at radius 1 is 1.17 bits per heavy atom. The maximum absolute atomic E-state index is 11.8. The van der Waals surface area contributed by atoms with Crippen LogP contribution in [-0.2, 0) is 0 Å². The van der Waals surface area contributed by atoms with Crippen molar-refractivity contribution in [2.75, 3.05) is 36.1 Å². The fourth-order valence-electron chi connectivity index (χ4n) is 2.35. The number of nitrogens with one attached hydrogen (secondary N) is 1. The van der Waals surface area contributed by atoms with E-state index < -0.39 is 0 Å². The lowest BCUT2D eigenvalue weighted by Gasteiger charge is -2.18. The van der Waals surface area contributed by atoms with Crippen LogP contribution in [0.1, 0.15) is 31.1 Å². The van der Waals surface area contributed by atoms with Crippen LogP contribution in [0.25, 0.3) is 0 Å². The lowest BCUT2D eigenvalue weighted by atomic mass is 10.1. The van der Waals surface area contributed by atoms with Crippen molar-refractivity contribution in [1.29, 1.82) is 0 Å². The number of nitrogens with zero attached hydrogens (tertiary/aromatic N) is 2. The van der Waals surface area contributed by atoms with Crippen molar-refractivity contribution in [2.24, 2.45) is 0 Å². The van der Waals surface area contributed by atoms with Gasteiger partial charge in [-0.05, 0) is 39.0 Å². The molecular formula is C14H21N3O. The molecular weight excluding hydrogens is 226 g/mol. The van der Waals surface area contributed by atoms with Gasteiger partial charge >= 0.3 is 0 Å². The van der Waals surface area contributed by atoms with E-state index in [2.05, 4.69) is 35.0 Å². The molecule has 1 aliphatic heterocycles. The number of rotatable bonds is 4. The number of hydrogen-bond donors (Lipinski definition) is 1. The highest BCUT2D eigenvalue weighted by molar-refractivity contribution is 5.97. The van der Waals surface area contributed by atoms with Crippen LogP contribution in [-0.4, -0.2) is 32.2 Å². The Kier molecular flexibility index (Phi) is 3.75. The minimum absolute atomic E-state index is 0.00583. The zero-order valence-corrected chi connectivity index (χ0v) is 11.4. The summed E-state index contributed by atoms with van der Waals surface area (Å²) in [5, 5.41) is 2.84. The first kappa shape index (κ1) is 12.7. The number of hydrogen-bond acceptors (Lipinski definition) is 3. The summed E-state index contributed by atoms with van der Waals surface area (Å²) in [7, 11) is 0. The SMILES string of the molecule is CCNC(=O)c1ccc2c(c1)N(CC)CN2CC. The summed E-state index contributed by atoms with van der Waals surface area (Å²) in [6.45, 7) is 9.76. The zero-order valence-electron chi connectivity index (χ0n) is 11.4. The van der Waals surface area contributed by atoms with Crippen molar-refractivity contribution in [3.8, 4) is 0 Å². The molecule has 1 aliphatic rings. The fourth-order valence-corrected chi connectivity index (χ4v) is 2.35. The largest absolute Gasteiger partial charge is 0.352 e. The molecule has 18 heavy (non-hydrogen) atoms. The second kappa shape index (κ2) is 5.29. The molecule has 4 heteroatoms. The van der Waals surface area contributed by atoms with Crippen LogP contribution in [0.5, 0.6) is 0 Å². The van der Waals surface area contributed by atoms with Gasteiger partial charge in [-0.15, -0.1) is 0 Å². The van der Waals surface area contributed by atoms with Crippen molar-refractivity contribution in [3.63, 3.8) is 0 Å². The number of benzene rings is 1. The normalized spacial score (nSPS) is 13.7. The Hall–Kier alpha value is -1.71. The predicted molar refractivity (Wildman–Crippen MR) is 75.4 cm³/mol. The molecule has 0 saturated heterocycles. The van der Waals surface area contributed by atoms with E-state index in [1.807, 2.05) is 19.1 Å². The van der Waals surface area contributed by atoms with Gasteiger partial charge in [-0.3, -0.25) is 4.79 Å². The third-order valence-corrected chi connectivity index (χ3v) is 3.36. The van der Waals surface area contributed by atoms with Crippen molar-refractivity contribution < 1.29 is 4.79 Å². The van der Waals surface area contributed by atoms with Gasteiger partial charge in [0.2, 0.25) is 0 Å². The summed E-state index contributed by atoms with van der Waals surface area (Å²) < 4.78 is 0. The monoisotopic (exact) mass is 247 g/mol. The third kappa shape index (κ3) is 2.15. The first-order chi connectivity index (χ1) is 8.71. The molecule has 0 bridgehead atoms. The molecule has 0 spiro atoms. The molecule has 0 aromatic heterocycles. The lowest BCUT2D eigenvalue weighted by Crippen LogP contribution is -2.30. The van der Waals surface area contributed by atoms with Gasteiger partial charge in [0.1, 0.15) is 0 Å². The summed E-state index contributed by atoms with van der Waals surface area (Å²) in [6, 6.07) is 5.96. The van der Waals surface area contributed by atoms with Crippen LogP contribution in [0.4, 0.5) is 11.4 Å². The van der Waals surface area contributed by atoms with E-state index in [4.69, 9.17) is 0 Å². The van der Waals surface area contributed by atoms with Crippen LogP contribution in [0.2, 0.25) is 0 Å². The van der Waals surface area contributed by atoms with E-state index in [-0.39, 0.29) is 5.91 Å². The average Bonchev–Trinajstić information content (AvgIpc) is 2.76. The number of fused-ring (bicyclic) bond motifs is 1. The van der Waals surface area contributed by atoms with E-state index in [9.17, 15) is 4.79 Å². The Morgan fingerprint density at radius 3 is 2.44 bits per heavy atom. The van der Waals surface area contributed by atoms with Crippen molar-refractivity contribution in [1.82, 2.24) is 5.32 Å². The van der Waals surface area contributed by atoms with Crippen molar-refractivity contribution in [3.05, 3.63) is 23.8 Å². The highest BCUT2D eigenvalue weighted by atomic mass is 16.1. The molecule has 0 aliphatic carbocycles. The first-order valence-corrected chi connectivity index (χ1v) is 6.63. The van der Waals surface area contributed by atoms with Gasteiger partial charge < -0.3 is 15.1 Å². The summed E-state index contributed by atoms with van der Waals surface area (Å²) in [6.07, 6.45) is 0. The minimum atomic E-state index is 0.00583. The molecule has 1 N–H and O–H groups in total. The van der Waals surface area contributed by atoms with Gasteiger partial charge in [-0.25, -0.2) is 0 Å². The molecule has 1 amide bonds. The Bertz CT molecular complexity index is 445. The fraction of sp³-hybridized carbons (Fsp3) is 0.500. The van der Waals surface area contributed by atoms with E-state index in [1.165, 1.54) is 11.4 Å². The van der Waals surface area contributed by atoms with E-state index in [0.717, 1.165) is 25.3 Å². The minimum Gasteiger partial charge on any atom is -0.352 e. The molecule has 4 nitrogen and oxygen atoms in total. The molecule has 1 heterocycles. The molecule has 2 rings (SSSR count). The number of carbonyl (C=O) groups is 1. The number of carbonyl (C=O) groups excluding carboxylic acids is 1. The lowest BCUT2D eigenvalue weighted by molar-refractivity contribution is 0.0956. The first-order valence-electron chi connectivity index (χ1n) is 6.63. The maximum atomic E-state index is 11.8. The van der Waals surface area contributed by atoms with Crippen LogP contribution in [0.15, 0.2) is 18.2 Å². The van der Waals surface area contributed by atoms with E-state index >= 15 is 0 Å². The van der Waals surface area contributed by atoms with Gasteiger partial charge in [0.05, 0.1) is 18.0 Å². The van der Waals surface area contributed by atoms with E-state index in [1.54, 1.807) is 0 Å². The molecule has 0 saturated carbocycles. The Balaban J connectivity index is 2.33. The second-order valence-corrected chi connectivity index (χ2v) is 4.42. The maximum Gasteiger partial charge on any atom is 0.251 e. The summed E-state index contributed by atoms with van der Waals surface area (Å²) in [5.41, 5.74) is 3.14. The summed E-state index contributed by atoms with van der Waals surface area (Å²) >= 11 is 0. The quantitative estimate of drug-likeness (QED) is 0.884. The smallest absolute Gasteiger partial charge is 0.251 e. The summed E-state index contributed by atoms with van der Waals surface area (Å²) in [5.74, 6) is 0.00583. The Labute approximate surface area is 109 Å². The predicted octanol–water partition coefficient (Wildman–Crippen LogP) is 2.06. The summed E-state index contributed by atoms with van der Waals surface area (Å²) in [4.78, 5) is 16.5. The van der Waals surface area contributed by atoms with Crippen molar-refractivity contribution in [2.45, 2.75) is 20.8 Å². The highest BCUT2D eigenvalue weighted by Gasteiger charge is 2.24. The standard InChI is InChI=1S/C14H21N3O/c1-4-15-14(18)11-7-8-12-13(9-11)17(6-3)10-16(12)5-2/h7-9H,4-6,10H2,1-3H3,(H,15,18). The molecule has 0 atom stereocenters. The number of amides is 1. The van der Waals surface area contributed by atoms with Gasteiger partial charge in [0.25, 0.3) is 5.91 Å². The van der Waals surface area contributed by atoms with E-state index in [0.29, 0.717) is 6.54 Å². The van der Waals surface area contributed by atoms with Gasteiger partial charge in [0.15, 0.2) is 0 Å². The van der Waals surface area contributed by atoms with Crippen LogP contribution in [0, 0.1) is 0 Å². The van der Waals surface area contributed by atoms with Gasteiger partial charge in [-0.2, -0.15) is 0 Å². The molecule has 0 unspecified atom stereocenters. The zero-order chi connectivity index (χ0) is 13.1. The molecule has 98 valence electrons.